The largest absolute Gasteiger partial charge is 0.292 e. The number of benzene rings is 3. The maximum atomic E-state index is 4.91. The van der Waals surface area contributed by atoms with E-state index in [9.17, 15) is 0 Å². The minimum Gasteiger partial charge on any atom is -0.292 e. The molecule has 0 saturated heterocycles. The number of aromatic nitrogens is 2. The van der Waals surface area contributed by atoms with Crippen molar-refractivity contribution in [2.45, 2.75) is 20.8 Å². The molecule has 3 aromatic carbocycles. The number of imidazole rings is 1. The van der Waals surface area contributed by atoms with Crippen LogP contribution in [0.15, 0.2) is 96.6 Å². The highest BCUT2D eigenvalue weighted by Gasteiger charge is 2.14. The summed E-state index contributed by atoms with van der Waals surface area (Å²) in [5, 5.41) is 0. The second kappa shape index (κ2) is 7.69. The molecule has 0 aliphatic carbocycles. The van der Waals surface area contributed by atoms with Crippen molar-refractivity contribution < 1.29 is 0 Å². The predicted molar refractivity (Wildman–Crippen MR) is 120 cm³/mol. The lowest BCUT2D eigenvalue weighted by atomic mass is 10.0. The minimum absolute atomic E-state index is 0.965. The van der Waals surface area contributed by atoms with Crippen LogP contribution in [-0.2, 0) is 0 Å². The summed E-state index contributed by atoms with van der Waals surface area (Å²) < 4.78 is 2.24. The van der Waals surface area contributed by atoms with Crippen LogP contribution >= 0.6 is 0 Å². The summed E-state index contributed by atoms with van der Waals surface area (Å²) >= 11 is 0. The Bertz CT molecular complexity index is 1160. The molecule has 1 heterocycles. The van der Waals surface area contributed by atoms with Gasteiger partial charge in [0.05, 0.1) is 11.0 Å². The van der Waals surface area contributed by atoms with Gasteiger partial charge in [0.25, 0.3) is 0 Å². The molecule has 138 valence electrons. The summed E-state index contributed by atoms with van der Waals surface area (Å²) in [7, 11) is 0. The van der Waals surface area contributed by atoms with Crippen molar-refractivity contribution in [2.24, 2.45) is 0 Å². The third-order valence-corrected chi connectivity index (χ3v) is 5.16. The van der Waals surface area contributed by atoms with Gasteiger partial charge in [-0.15, -0.1) is 0 Å². The summed E-state index contributed by atoms with van der Waals surface area (Å²) in [5.74, 6) is 0.965. The van der Waals surface area contributed by atoms with Gasteiger partial charge in [-0.3, -0.25) is 4.57 Å². The molecule has 0 unspecified atom stereocenters. The average Bonchev–Trinajstić information content (AvgIpc) is 3.14. The molecule has 2 heteroatoms. The molecule has 0 aliphatic rings. The normalized spacial score (nSPS) is 12.5. The maximum absolute atomic E-state index is 4.91. The van der Waals surface area contributed by atoms with Crippen molar-refractivity contribution in [2.75, 3.05) is 0 Å². The molecular weight excluding hydrogens is 340 g/mol. The lowest BCUT2D eigenvalue weighted by molar-refractivity contribution is 1.10. The highest BCUT2D eigenvalue weighted by molar-refractivity contribution is 5.83. The molecule has 28 heavy (non-hydrogen) atoms. The number of allylic oxidation sites excluding steroid dienone is 4. The fourth-order valence-electron chi connectivity index (χ4n) is 3.53. The Labute approximate surface area is 166 Å². The average molecular weight is 364 g/mol. The molecule has 4 rings (SSSR count). The molecule has 0 amide bonds. The fourth-order valence-corrected chi connectivity index (χ4v) is 3.53. The first-order valence-electron chi connectivity index (χ1n) is 9.63. The molecule has 0 fully saturated rings. The van der Waals surface area contributed by atoms with Gasteiger partial charge in [0, 0.05) is 11.3 Å². The molecule has 4 aromatic rings. The van der Waals surface area contributed by atoms with Crippen molar-refractivity contribution in [3.8, 4) is 17.1 Å². The Morgan fingerprint density at radius 2 is 1.50 bits per heavy atom. The first-order valence-corrected chi connectivity index (χ1v) is 9.63. The lowest BCUT2D eigenvalue weighted by Gasteiger charge is -2.11. The van der Waals surface area contributed by atoms with E-state index < -0.39 is 0 Å². The van der Waals surface area contributed by atoms with E-state index in [1.54, 1.807) is 0 Å². The van der Waals surface area contributed by atoms with Gasteiger partial charge in [0.15, 0.2) is 0 Å². The number of fused-ring (bicyclic) bond motifs is 1. The summed E-state index contributed by atoms with van der Waals surface area (Å²) in [4.78, 5) is 4.91. The molecule has 2 nitrogen and oxygen atoms in total. The zero-order valence-electron chi connectivity index (χ0n) is 16.6. The monoisotopic (exact) mass is 364 g/mol. The van der Waals surface area contributed by atoms with Crippen LogP contribution in [0.25, 0.3) is 33.7 Å². The third-order valence-electron chi connectivity index (χ3n) is 5.16. The Balaban J connectivity index is 1.87. The molecule has 0 aliphatic heterocycles. The molecule has 0 bridgehead atoms. The summed E-state index contributed by atoms with van der Waals surface area (Å²) in [6, 6.07) is 27.4. The second-order valence-electron chi connectivity index (χ2n) is 6.98. The predicted octanol–water partition coefficient (Wildman–Crippen LogP) is 7.06. The molecule has 0 saturated carbocycles. The Morgan fingerprint density at radius 3 is 2.21 bits per heavy atom. The van der Waals surface area contributed by atoms with Gasteiger partial charge in [-0.05, 0) is 61.7 Å². The Hall–Kier alpha value is -3.39. The van der Waals surface area contributed by atoms with Crippen LogP contribution in [0.1, 0.15) is 26.3 Å². The number of hydrogen-bond donors (Lipinski definition) is 0. The SMILES string of the molecule is CC=CC(C)=C(C)c1ccc(-n2c(-c3ccccc3)nc3ccccc32)cc1. The van der Waals surface area contributed by atoms with Gasteiger partial charge in [0.2, 0.25) is 0 Å². The Kier molecular flexibility index (Phi) is 4.94. The summed E-state index contributed by atoms with van der Waals surface area (Å²) in [6.45, 7) is 6.38. The highest BCUT2D eigenvalue weighted by Crippen LogP contribution is 2.29. The summed E-state index contributed by atoms with van der Waals surface area (Å²) in [6.07, 6.45) is 4.23. The van der Waals surface area contributed by atoms with E-state index in [0.29, 0.717) is 0 Å². The van der Waals surface area contributed by atoms with Gasteiger partial charge in [-0.25, -0.2) is 4.98 Å². The first kappa shape index (κ1) is 18.0. The number of rotatable bonds is 4. The minimum atomic E-state index is 0.965. The van der Waals surface area contributed by atoms with E-state index in [-0.39, 0.29) is 0 Å². The topological polar surface area (TPSA) is 17.8 Å². The lowest BCUT2D eigenvalue weighted by Crippen LogP contribution is -1.98. The van der Waals surface area contributed by atoms with Gasteiger partial charge >= 0.3 is 0 Å². The van der Waals surface area contributed by atoms with Crippen molar-refractivity contribution in [3.05, 3.63) is 102 Å². The maximum Gasteiger partial charge on any atom is 0.145 e. The van der Waals surface area contributed by atoms with Crippen LogP contribution in [0.3, 0.4) is 0 Å². The van der Waals surface area contributed by atoms with E-state index in [2.05, 4.69) is 104 Å². The summed E-state index contributed by atoms with van der Waals surface area (Å²) in [5.41, 5.74) is 8.18. The second-order valence-corrected chi connectivity index (χ2v) is 6.98. The zero-order valence-corrected chi connectivity index (χ0v) is 16.6. The molecule has 0 N–H and O–H groups in total. The molecule has 0 spiro atoms. The van der Waals surface area contributed by atoms with Crippen molar-refractivity contribution >= 4 is 16.6 Å². The van der Waals surface area contributed by atoms with Gasteiger partial charge in [-0.2, -0.15) is 0 Å². The van der Waals surface area contributed by atoms with Gasteiger partial charge in [0.1, 0.15) is 5.82 Å². The van der Waals surface area contributed by atoms with Crippen LogP contribution in [-0.4, -0.2) is 9.55 Å². The molecular formula is C26H24N2. The van der Waals surface area contributed by atoms with Crippen molar-refractivity contribution in [1.82, 2.24) is 9.55 Å². The Morgan fingerprint density at radius 1 is 0.821 bits per heavy atom. The van der Waals surface area contributed by atoms with E-state index in [4.69, 9.17) is 4.98 Å². The van der Waals surface area contributed by atoms with Crippen molar-refractivity contribution in [1.29, 1.82) is 0 Å². The molecule has 0 radical (unpaired) electrons. The standard InChI is InChI=1S/C26H24N2/c1-4-10-19(2)20(3)21-15-17-23(18-16-21)28-25-14-9-8-13-24(25)27-26(28)22-11-6-5-7-12-22/h4-18H,1-3H3. The number of hydrogen-bond acceptors (Lipinski definition) is 1. The van der Waals surface area contributed by atoms with Crippen LogP contribution in [0.2, 0.25) is 0 Å². The first-order chi connectivity index (χ1) is 13.7. The smallest absolute Gasteiger partial charge is 0.145 e. The van der Waals surface area contributed by atoms with Crippen LogP contribution in [0.4, 0.5) is 0 Å². The number of para-hydroxylation sites is 2. The quantitative estimate of drug-likeness (QED) is 0.354. The van der Waals surface area contributed by atoms with Gasteiger partial charge < -0.3 is 0 Å². The van der Waals surface area contributed by atoms with E-state index in [1.165, 1.54) is 16.7 Å². The highest BCUT2D eigenvalue weighted by atomic mass is 15.1. The zero-order chi connectivity index (χ0) is 19.5. The van der Waals surface area contributed by atoms with E-state index in [1.807, 2.05) is 12.1 Å². The van der Waals surface area contributed by atoms with Gasteiger partial charge in [-0.1, -0.05) is 66.7 Å². The van der Waals surface area contributed by atoms with E-state index >= 15 is 0 Å². The molecule has 0 atom stereocenters. The third kappa shape index (κ3) is 3.29. The van der Waals surface area contributed by atoms with Crippen LogP contribution < -0.4 is 0 Å². The molecule has 1 aromatic heterocycles. The van der Waals surface area contributed by atoms with Crippen LogP contribution in [0.5, 0.6) is 0 Å². The van der Waals surface area contributed by atoms with Crippen molar-refractivity contribution in [3.63, 3.8) is 0 Å². The van der Waals surface area contributed by atoms with Crippen LogP contribution in [0, 0.1) is 0 Å². The number of nitrogens with zero attached hydrogens (tertiary/aromatic N) is 2. The van der Waals surface area contributed by atoms with E-state index in [0.717, 1.165) is 28.1 Å². The fraction of sp³-hybridized carbons (Fsp3) is 0.115.